The fourth-order valence-corrected chi connectivity index (χ4v) is 2.58. The summed E-state index contributed by atoms with van der Waals surface area (Å²) < 4.78 is 0. The molecule has 0 saturated carbocycles. The Labute approximate surface area is 115 Å². The Hall–Kier alpha value is -2.81. The van der Waals surface area contributed by atoms with E-state index in [4.69, 9.17) is 0 Å². The number of rotatable bonds is 1. The number of phenolic OH excluding ortho intramolecular Hbond substituents is 1. The lowest BCUT2D eigenvalue weighted by atomic mass is 10.0. The molecular formula is C17H12N2O. The van der Waals surface area contributed by atoms with Crippen LogP contribution in [-0.4, -0.2) is 15.1 Å². The van der Waals surface area contributed by atoms with Gasteiger partial charge in [-0.3, -0.25) is 0 Å². The number of nitrogens with zero attached hydrogens (tertiary/aromatic N) is 1. The second-order valence-electron chi connectivity index (χ2n) is 4.78. The van der Waals surface area contributed by atoms with E-state index in [0.29, 0.717) is 5.82 Å². The molecular weight excluding hydrogens is 248 g/mol. The Morgan fingerprint density at radius 1 is 0.850 bits per heavy atom. The first-order chi connectivity index (χ1) is 9.83. The van der Waals surface area contributed by atoms with Crippen LogP contribution >= 0.6 is 0 Å². The molecule has 4 rings (SSSR count). The number of nitrogens with one attached hydrogen (secondary N) is 1. The molecule has 0 aliphatic carbocycles. The van der Waals surface area contributed by atoms with Crippen molar-refractivity contribution in [3.8, 4) is 17.1 Å². The van der Waals surface area contributed by atoms with Crippen molar-refractivity contribution in [2.45, 2.75) is 0 Å². The number of imidazole rings is 1. The number of aromatic hydroxyl groups is 1. The second kappa shape index (κ2) is 4.10. The van der Waals surface area contributed by atoms with Crippen LogP contribution in [0.5, 0.6) is 5.75 Å². The molecule has 1 heterocycles. The summed E-state index contributed by atoms with van der Waals surface area (Å²) in [7, 11) is 0. The largest absolute Gasteiger partial charge is 0.507 e. The minimum absolute atomic E-state index is 0.239. The Bertz CT molecular complexity index is 891. The van der Waals surface area contributed by atoms with E-state index in [-0.39, 0.29) is 5.75 Å². The fraction of sp³-hybridized carbons (Fsp3) is 0. The zero-order valence-electron chi connectivity index (χ0n) is 10.7. The molecule has 0 radical (unpaired) electrons. The van der Waals surface area contributed by atoms with Crippen LogP contribution in [0, 0.1) is 0 Å². The number of H-pyrrole nitrogens is 1. The lowest BCUT2D eigenvalue weighted by Crippen LogP contribution is -1.84. The van der Waals surface area contributed by atoms with E-state index in [1.165, 1.54) is 0 Å². The van der Waals surface area contributed by atoms with Crippen LogP contribution in [0.25, 0.3) is 33.2 Å². The molecule has 0 atom stereocenters. The van der Waals surface area contributed by atoms with Crippen LogP contribution in [0.3, 0.4) is 0 Å². The van der Waals surface area contributed by atoms with Gasteiger partial charge in [0.1, 0.15) is 11.6 Å². The molecule has 0 aliphatic heterocycles. The normalized spacial score (nSPS) is 11.2. The first-order valence-electron chi connectivity index (χ1n) is 6.49. The summed E-state index contributed by atoms with van der Waals surface area (Å²) in [5, 5.41) is 12.3. The molecule has 1 aromatic heterocycles. The minimum Gasteiger partial charge on any atom is -0.507 e. The first-order valence-corrected chi connectivity index (χ1v) is 6.49. The highest BCUT2D eigenvalue weighted by Gasteiger charge is 2.13. The number of aromatic amines is 1. The molecule has 0 bridgehead atoms. The third-order valence-corrected chi connectivity index (χ3v) is 3.53. The first kappa shape index (κ1) is 11.1. The summed E-state index contributed by atoms with van der Waals surface area (Å²) in [6.07, 6.45) is 0. The summed E-state index contributed by atoms with van der Waals surface area (Å²) >= 11 is 0. The van der Waals surface area contributed by atoms with Gasteiger partial charge in [-0.25, -0.2) is 4.98 Å². The van der Waals surface area contributed by atoms with Gasteiger partial charge in [0.05, 0.1) is 16.6 Å². The van der Waals surface area contributed by atoms with Gasteiger partial charge in [-0.1, -0.05) is 42.5 Å². The van der Waals surface area contributed by atoms with Crippen molar-refractivity contribution in [2.75, 3.05) is 0 Å². The van der Waals surface area contributed by atoms with Gasteiger partial charge in [-0.2, -0.15) is 0 Å². The van der Waals surface area contributed by atoms with Gasteiger partial charge in [-0.05, 0) is 29.0 Å². The standard InChI is InChI=1S/C17H12N2O/c20-15-10-9-11-5-1-2-6-12(11)16(15)17-18-13-7-3-4-8-14(13)19-17/h1-10,20H,(H,18,19). The molecule has 3 heteroatoms. The van der Waals surface area contributed by atoms with Crippen molar-refractivity contribution < 1.29 is 5.11 Å². The molecule has 3 nitrogen and oxygen atoms in total. The van der Waals surface area contributed by atoms with Gasteiger partial charge in [-0.15, -0.1) is 0 Å². The maximum absolute atomic E-state index is 10.2. The average molecular weight is 260 g/mol. The van der Waals surface area contributed by atoms with E-state index in [2.05, 4.69) is 9.97 Å². The van der Waals surface area contributed by atoms with Crippen LogP contribution in [0.4, 0.5) is 0 Å². The van der Waals surface area contributed by atoms with Gasteiger partial charge < -0.3 is 10.1 Å². The SMILES string of the molecule is Oc1ccc2ccccc2c1-c1nc2ccccc2[nH]1. The number of benzene rings is 3. The lowest BCUT2D eigenvalue weighted by molar-refractivity contribution is 0.477. The van der Waals surface area contributed by atoms with E-state index in [1.54, 1.807) is 6.07 Å². The van der Waals surface area contributed by atoms with Gasteiger partial charge in [0.25, 0.3) is 0 Å². The second-order valence-corrected chi connectivity index (χ2v) is 4.78. The van der Waals surface area contributed by atoms with Crippen molar-refractivity contribution in [2.24, 2.45) is 0 Å². The van der Waals surface area contributed by atoms with E-state index in [0.717, 1.165) is 27.4 Å². The monoisotopic (exact) mass is 260 g/mol. The maximum Gasteiger partial charge on any atom is 0.142 e. The highest BCUT2D eigenvalue weighted by Crippen LogP contribution is 2.35. The number of hydrogen-bond acceptors (Lipinski definition) is 2. The average Bonchev–Trinajstić information content (AvgIpc) is 2.90. The highest BCUT2D eigenvalue weighted by atomic mass is 16.3. The van der Waals surface area contributed by atoms with Crippen molar-refractivity contribution in [3.05, 3.63) is 60.7 Å². The number of para-hydroxylation sites is 2. The minimum atomic E-state index is 0.239. The number of aromatic nitrogens is 2. The van der Waals surface area contributed by atoms with Crippen molar-refractivity contribution in [1.82, 2.24) is 9.97 Å². The Morgan fingerprint density at radius 2 is 1.65 bits per heavy atom. The third kappa shape index (κ3) is 1.57. The highest BCUT2D eigenvalue weighted by molar-refractivity contribution is 5.99. The molecule has 0 saturated heterocycles. The zero-order valence-corrected chi connectivity index (χ0v) is 10.7. The van der Waals surface area contributed by atoms with Gasteiger partial charge in [0, 0.05) is 0 Å². The number of fused-ring (bicyclic) bond motifs is 2. The van der Waals surface area contributed by atoms with Crippen LogP contribution in [0.1, 0.15) is 0 Å². The van der Waals surface area contributed by atoms with E-state index >= 15 is 0 Å². The summed E-state index contributed by atoms with van der Waals surface area (Å²) in [5.41, 5.74) is 2.61. The van der Waals surface area contributed by atoms with Crippen LogP contribution in [0.15, 0.2) is 60.7 Å². The summed E-state index contributed by atoms with van der Waals surface area (Å²) in [6, 6.07) is 19.5. The van der Waals surface area contributed by atoms with Crippen LogP contribution in [-0.2, 0) is 0 Å². The van der Waals surface area contributed by atoms with Crippen molar-refractivity contribution >= 4 is 21.8 Å². The molecule has 4 aromatic rings. The van der Waals surface area contributed by atoms with Gasteiger partial charge in [0.2, 0.25) is 0 Å². The number of phenols is 1. The van der Waals surface area contributed by atoms with Gasteiger partial charge >= 0.3 is 0 Å². The number of hydrogen-bond donors (Lipinski definition) is 2. The summed E-state index contributed by atoms with van der Waals surface area (Å²) in [4.78, 5) is 7.85. The molecule has 20 heavy (non-hydrogen) atoms. The molecule has 0 fully saturated rings. The van der Waals surface area contributed by atoms with Crippen LogP contribution in [0.2, 0.25) is 0 Å². The summed E-state index contributed by atoms with van der Waals surface area (Å²) in [5.74, 6) is 0.934. The van der Waals surface area contributed by atoms with Crippen LogP contribution < -0.4 is 0 Å². The Kier molecular flexibility index (Phi) is 2.27. The molecule has 0 aliphatic rings. The molecule has 0 spiro atoms. The van der Waals surface area contributed by atoms with Gasteiger partial charge in [0.15, 0.2) is 0 Å². The molecule has 2 N–H and O–H groups in total. The Balaban J connectivity index is 2.08. The topological polar surface area (TPSA) is 48.9 Å². The fourth-order valence-electron chi connectivity index (χ4n) is 2.58. The predicted molar refractivity (Wildman–Crippen MR) is 80.7 cm³/mol. The quantitative estimate of drug-likeness (QED) is 0.541. The smallest absolute Gasteiger partial charge is 0.142 e. The van der Waals surface area contributed by atoms with E-state index in [9.17, 15) is 5.11 Å². The zero-order chi connectivity index (χ0) is 13.5. The molecule has 0 amide bonds. The summed E-state index contributed by atoms with van der Waals surface area (Å²) in [6.45, 7) is 0. The maximum atomic E-state index is 10.2. The van der Waals surface area contributed by atoms with E-state index in [1.807, 2.05) is 54.6 Å². The molecule has 3 aromatic carbocycles. The van der Waals surface area contributed by atoms with Crippen molar-refractivity contribution in [1.29, 1.82) is 0 Å². The third-order valence-electron chi connectivity index (χ3n) is 3.53. The predicted octanol–water partition coefficient (Wildman–Crippen LogP) is 4.09. The molecule has 0 unspecified atom stereocenters. The Morgan fingerprint density at radius 3 is 2.55 bits per heavy atom. The van der Waals surface area contributed by atoms with E-state index < -0.39 is 0 Å². The molecule has 96 valence electrons. The van der Waals surface area contributed by atoms with Crippen molar-refractivity contribution in [3.63, 3.8) is 0 Å². The lowest BCUT2D eigenvalue weighted by Gasteiger charge is -2.06.